The topological polar surface area (TPSA) is 84.3 Å². The highest BCUT2D eigenvalue weighted by atomic mass is 32.2. The second-order valence-corrected chi connectivity index (χ2v) is 9.89. The number of carbonyl (C=O) groups excluding carboxylic acids is 1. The van der Waals surface area contributed by atoms with Gasteiger partial charge in [0.05, 0.1) is 23.2 Å². The summed E-state index contributed by atoms with van der Waals surface area (Å²) >= 11 is 0. The van der Waals surface area contributed by atoms with Crippen LogP contribution >= 0.6 is 0 Å². The summed E-state index contributed by atoms with van der Waals surface area (Å²) in [6, 6.07) is 12.4. The molecule has 0 unspecified atom stereocenters. The van der Waals surface area contributed by atoms with Crippen molar-refractivity contribution in [2.45, 2.75) is 30.7 Å². The van der Waals surface area contributed by atoms with Gasteiger partial charge in [-0.2, -0.15) is 4.31 Å². The summed E-state index contributed by atoms with van der Waals surface area (Å²) in [7, 11) is -3.77. The number of rotatable bonds is 6. The molecule has 1 amide bonds. The predicted octanol–water partition coefficient (Wildman–Crippen LogP) is 3.29. The Morgan fingerprint density at radius 3 is 2.53 bits per heavy atom. The average Bonchev–Trinajstić information content (AvgIpc) is 3.34. The maximum atomic E-state index is 13.2. The molecule has 1 aromatic heterocycles. The molecule has 0 spiro atoms. The number of nitrogens with one attached hydrogen (secondary N) is 1. The molecule has 4 rings (SSSR count). The number of hydrogen-bond donors (Lipinski definition) is 1. The van der Waals surface area contributed by atoms with E-state index in [1.54, 1.807) is 12.5 Å². The van der Waals surface area contributed by atoms with Gasteiger partial charge in [0.15, 0.2) is 0 Å². The van der Waals surface area contributed by atoms with Gasteiger partial charge in [0.1, 0.15) is 5.82 Å². The van der Waals surface area contributed by atoms with Crippen LogP contribution in [0.2, 0.25) is 0 Å². The van der Waals surface area contributed by atoms with Crippen molar-refractivity contribution >= 4 is 15.9 Å². The first kappa shape index (κ1) is 22.2. The van der Waals surface area contributed by atoms with Crippen molar-refractivity contribution < 1.29 is 17.6 Å². The number of amides is 1. The molecule has 0 bridgehead atoms. The maximum absolute atomic E-state index is 13.2. The quantitative estimate of drug-likeness (QED) is 0.617. The van der Waals surface area contributed by atoms with Crippen molar-refractivity contribution in [2.24, 2.45) is 5.92 Å². The van der Waals surface area contributed by atoms with Crippen LogP contribution in [0.25, 0.3) is 5.69 Å². The molecular weight excluding hydrogens is 431 g/mol. The lowest BCUT2D eigenvalue weighted by Gasteiger charge is -2.32. The third-order valence-corrected chi connectivity index (χ3v) is 7.64. The van der Waals surface area contributed by atoms with E-state index in [2.05, 4.69) is 10.3 Å². The largest absolute Gasteiger partial charge is 0.349 e. The third kappa shape index (κ3) is 4.73. The minimum absolute atomic E-state index is 0.0336. The lowest BCUT2D eigenvalue weighted by molar-refractivity contribution is -0.126. The van der Waals surface area contributed by atoms with E-state index < -0.39 is 21.8 Å². The van der Waals surface area contributed by atoms with Crippen LogP contribution in [0.3, 0.4) is 0 Å². The number of nitrogens with zero attached hydrogens (tertiary/aromatic N) is 3. The van der Waals surface area contributed by atoms with Gasteiger partial charge in [-0.25, -0.2) is 17.8 Å². The van der Waals surface area contributed by atoms with E-state index in [9.17, 15) is 17.6 Å². The molecule has 0 aliphatic carbocycles. The second-order valence-electron chi connectivity index (χ2n) is 7.95. The number of sulfonamides is 1. The molecule has 168 valence electrons. The molecule has 32 heavy (non-hydrogen) atoms. The Morgan fingerprint density at radius 1 is 1.16 bits per heavy atom. The summed E-state index contributed by atoms with van der Waals surface area (Å²) in [4.78, 5) is 17.0. The van der Waals surface area contributed by atoms with Crippen molar-refractivity contribution in [1.29, 1.82) is 0 Å². The highest BCUT2D eigenvalue weighted by molar-refractivity contribution is 7.89. The molecule has 1 N–H and O–H groups in total. The molecule has 1 fully saturated rings. The number of halogens is 1. The smallest absolute Gasteiger partial charge is 0.243 e. The number of hydrogen-bond acceptors (Lipinski definition) is 4. The van der Waals surface area contributed by atoms with E-state index >= 15 is 0 Å². The summed E-state index contributed by atoms with van der Waals surface area (Å²) in [5.74, 6) is -1.10. The fraction of sp³-hybridized carbons (Fsp3) is 0.304. The Kier molecular flexibility index (Phi) is 6.38. The van der Waals surface area contributed by atoms with Gasteiger partial charge < -0.3 is 9.88 Å². The molecule has 7 nitrogen and oxygen atoms in total. The molecule has 1 aliphatic rings. The zero-order valence-electron chi connectivity index (χ0n) is 17.7. The number of piperidine rings is 1. The minimum Gasteiger partial charge on any atom is -0.349 e. The van der Waals surface area contributed by atoms with Gasteiger partial charge in [-0.05, 0) is 61.7 Å². The molecule has 2 heterocycles. The molecule has 1 aliphatic heterocycles. The Hall–Kier alpha value is -3.04. The van der Waals surface area contributed by atoms with Crippen molar-refractivity contribution in [1.82, 2.24) is 19.2 Å². The number of aromatic nitrogens is 2. The first-order valence-corrected chi connectivity index (χ1v) is 11.9. The summed E-state index contributed by atoms with van der Waals surface area (Å²) in [5, 5.41) is 3.01. The highest BCUT2D eigenvalue weighted by Gasteiger charge is 2.33. The monoisotopic (exact) mass is 456 g/mol. The van der Waals surface area contributed by atoms with Crippen molar-refractivity contribution in [3.05, 3.63) is 78.6 Å². The van der Waals surface area contributed by atoms with Crippen LogP contribution in [-0.4, -0.2) is 41.3 Å². The van der Waals surface area contributed by atoms with Crippen LogP contribution in [0.4, 0.5) is 4.39 Å². The molecule has 9 heteroatoms. The average molecular weight is 457 g/mol. The van der Waals surface area contributed by atoms with E-state index in [0.717, 1.165) is 23.4 Å². The van der Waals surface area contributed by atoms with Crippen molar-refractivity contribution in [2.75, 3.05) is 13.1 Å². The minimum atomic E-state index is -3.77. The summed E-state index contributed by atoms with van der Waals surface area (Å²) in [5.41, 5.74) is 1.92. The van der Waals surface area contributed by atoms with Crippen molar-refractivity contribution in [3.63, 3.8) is 0 Å². The normalized spacial score (nSPS) is 18.2. The van der Waals surface area contributed by atoms with Gasteiger partial charge in [0.25, 0.3) is 0 Å². The fourth-order valence-corrected chi connectivity index (χ4v) is 5.42. The Morgan fingerprint density at radius 2 is 1.88 bits per heavy atom. The number of carbonyl (C=O) groups is 1. The predicted molar refractivity (Wildman–Crippen MR) is 118 cm³/mol. The van der Waals surface area contributed by atoms with E-state index in [1.807, 2.05) is 42.0 Å². The van der Waals surface area contributed by atoms with Gasteiger partial charge in [0.2, 0.25) is 15.9 Å². The molecule has 0 saturated carbocycles. The van der Waals surface area contributed by atoms with E-state index in [-0.39, 0.29) is 23.4 Å². The second kappa shape index (κ2) is 9.22. The Labute approximate surface area is 186 Å². The molecule has 3 aromatic rings. The van der Waals surface area contributed by atoms with Crippen LogP contribution in [-0.2, 0) is 14.8 Å². The van der Waals surface area contributed by atoms with Gasteiger partial charge in [-0.1, -0.05) is 12.1 Å². The summed E-state index contributed by atoms with van der Waals surface area (Å²) in [6.45, 7) is 2.35. The summed E-state index contributed by atoms with van der Waals surface area (Å²) < 4.78 is 42.2. The SMILES string of the molecule is C[C@@H](NC(=O)[C@H]1CCCN(S(=O)(=O)c2ccc(F)cc2)C1)c1ccc(-n2ccnc2)cc1. The highest BCUT2D eigenvalue weighted by Crippen LogP contribution is 2.25. The first-order chi connectivity index (χ1) is 15.3. The molecule has 2 atom stereocenters. The van der Waals surface area contributed by atoms with Crippen LogP contribution in [0, 0.1) is 11.7 Å². The standard InChI is InChI=1S/C23H25FN4O3S/c1-17(18-4-8-21(9-5-18)27-14-12-25-16-27)26-23(29)19-3-2-13-28(15-19)32(30,31)22-10-6-20(24)7-11-22/h4-12,14,16-17,19H,2-3,13,15H2,1H3,(H,26,29)/t17-,19+/m1/s1. The fourth-order valence-electron chi connectivity index (χ4n) is 3.89. The van der Waals surface area contributed by atoms with Gasteiger partial charge in [-0.15, -0.1) is 0 Å². The molecular formula is C23H25FN4O3S. The molecule has 1 saturated heterocycles. The number of imidazole rings is 1. The lowest BCUT2D eigenvalue weighted by Crippen LogP contribution is -2.45. The van der Waals surface area contributed by atoms with Gasteiger partial charge in [-0.3, -0.25) is 4.79 Å². The zero-order valence-corrected chi connectivity index (χ0v) is 18.5. The van der Waals surface area contributed by atoms with Crippen molar-refractivity contribution in [3.8, 4) is 5.69 Å². The van der Waals surface area contributed by atoms with Crippen LogP contribution in [0.1, 0.15) is 31.4 Å². The Bertz CT molecular complexity index is 1160. The number of benzene rings is 2. The van der Waals surface area contributed by atoms with E-state index in [0.29, 0.717) is 19.4 Å². The first-order valence-electron chi connectivity index (χ1n) is 10.5. The van der Waals surface area contributed by atoms with Gasteiger partial charge in [0, 0.05) is 31.2 Å². The van der Waals surface area contributed by atoms with Gasteiger partial charge >= 0.3 is 0 Å². The van der Waals surface area contributed by atoms with E-state index in [1.165, 1.54) is 16.4 Å². The molecule has 0 radical (unpaired) electrons. The lowest BCUT2D eigenvalue weighted by atomic mass is 9.98. The van der Waals surface area contributed by atoms with Crippen LogP contribution in [0.5, 0.6) is 0 Å². The zero-order chi connectivity index (χ0) is 22.7. The summed E-state index contributed by atoms with van der Waals surface area (Å²) in [6.07, 6.45) is 6.49. The maximum Gasteiger partial charge on any atom is 0.243 e. The van der Waals surface area contributed by atoms with Crippen LogP contribution < -0.4 is 5.32 Å². The van der Waals surface area contributed by atoms with E-state index in [4.69, 9.17) is 0 Å². The van der Waals surface area contributed by atoms with Crippen LogP contribution in [0.15, 0.2) is 72.1 Å². The Balaban J connectivity index is 1.40. The third-order valence-electron chi connectivity index (χ3n) is 5.76. The molecule has 2 aromatic carbocycles.